The van der Waals surface area contributed by atoms with Crippen LogP contribution in [0.4, 0.5) is 30.8 Å². The van der Waals surface area contributed by atoms with E-state index in [9.17, 15) is 18.0 Å². The monoisotopic (exact) mass is 537 g/mol. The Balaban J connectivity index is 1.54. The van der Waals surface area contributed by atoms with Gasteiger partial charge in [0.15, 0.2) is 17.3 Å². The number of rotatable bonds is 6. The number of nitrogens with zero attached hydrogens (tertiary/aromatic N) is 4. The predicted octanol–water partition coefficient (Wildman–Crippen LogP) is 4.65. The third-order valence-corrected chi connectivity index (χ3v) is 7.51. The summed E-state index contributed by atoms with van der Waals surface area (Å²) in [5, 5.41) is 5.72. The Morgan fingerprint density at radius 1 is 1.22 bits per heavy atom. The van der Waals surface area contributed by atoms with E-state index in [4.69, 9.17) is 22.1 Å². The van der Waals surface area contributed by atoms with Crippen LogP contribution in [0.5, 0.6) is 0 Å². The van der Waals surface area contributed by atoms with E-state index < -0.39 is 35.0 Å². The normalized spacial score (nSPS) is 26.2. The van der Waals surface area contributed by atoms with Crippen LogP contribution in [-0.4, -0.2) is 50.9 Å². The number of hydrogen-bond acceptors (Lipinski definition) is 7. The minimum absolute atomic E-state index is 0.00909. The number of carbonyl (C=O) groups is 1. The van der Waals surface area contributed by atoms with Crippen LogP contribution in [0.1, 0.15) is 45.1 Å². The second kappa shape index (κ2) is 9.97. The van der Waals surface area contributed by atoms with Crippen LogP contribution < -0.4 is 16.4 Å². The van der Waals surface area contributed by atoms with Gasteiger partial charge in [0, 0.05) is 23.1 Å². The fourth-order valence-electron chi connectivity index (χ4n) is 4.94. The highest BCUT2D eigenvalue weighted by Gasteiger charge is 2.38. The van der Waals surface area contributed by atoms with Gasteiger partial charge < -0.3 is 21.1 Å². The number of anilines is 3. The number of nitrogens with one attached hydrogen (secondary N) is 2. The summed E-state index contributed by atoms with van der Waals surface area (Å²) in [6, 6.07) is 1.30. The number of fused-ring (bicyclic) bond motifs is 1. The van der Waals surface area contributed by atoms with E-state index in [-0.39, 0.29) is 35.5 Å². The molecular weight excluding hydrogens is 511 g/mol. The molecule has 198 valence electrons. The van der Waals surface area contributed by atoms with Gasteiger partial charge in [-0.1, -0.05) is 18.5 Å². The molecule has 3 heterocycles. The van der Waals surface area contributed by atoms with E-state index in [0.717, 1.165) is 12.1 Å². The number of aromatic nitrogens is 4. The highest BCUT2D eigenvalue weighted by Crippen LogP contribution is 2.43. The standard InChI is InChI=1S/C24H27ClF3N7O2/c1-24(21(29)36)5-2-13(3-6-24)35-20-18(10-30-22(34-20)31-17-4-7-37-11-16(17)28)32-23(35)33-19-14(26)8-12(25)9-15(19)27/h8-10,13,16-17H,2-7,11H2,1H3,(H2,29,36)(H,32,33)(H,30,31,34)/t13-,16-,17+,24+/m1/s1. The molecule has 1 saturated heterocycles. The Kier molecular flexibility index (Phi) is 6.88. The van der Waals surface area contributed by atoms with Gasteiger partial charge in [-0.05, 0) is 44.2 Å². The molecule has 0 spiro atoms. The maximum atomic E-state index is 14.6. The zero-order valence-electron chi connectivity index (χ0n) is 20.1. The molecule has 3 aromatic rings. The van der Waals surface area contributed by atoms with Crippen LogP contribution in [0.15, 0.2) is 18.3 Å². The van der Waals surface area contributed by atoms with Gasteiger partial charge in [0.2, 0.25) is 17.8 Å². The van der Waals surface area contributed by atoms with Gasteiger partial charge in [0.25, 0.3) is 0 Å². The molecule has 2 aliphatic rings. The summed E-state index contributed by atoms with van der Waals surface area (Å²) in [4.78, 5) is 25.4. The maximum absolute atomic E-state index is 14.6. The van der Waals surface area contributed by atoms with E-state index in [1.165, 1.54) is 6.20 Å². The van der Waals surface area contributed by atoms with Crippen LogP contribution in [-0.2, 0) is 9.53 Å². The second-order valence-corrected chi connectivity index (χ2v) is 10.3. The number of carbonyl (C=O) groups excluding carboxylic acids is 1. The fraction of sp³-hybridized carbons (Fsp3) is 0.500. The predicted molar refractivity (Wildman–Crippen MR) is 133 cm³/mol. The first kappa shape index (κ1) is 25.5. The van der Waals surface area contributed by atoms with E-state index in [2.05, 4.69) is 25.6 Å². The van der Waals surface area contributed by atoms with Gasteiger partial charge in [-0.3, -0.25) is 9.36 Å². The zero-order chi connectivity index (χ0) is 26.3. The van der Waals surface area contributed by atoms with Crippen molar-refractivity contribution in [3.63, 3.8) is 0 Å². The lowest BCUT2D eigenvalue weighted by Gasteiger charge is -2.35. The lowest BCUT2D eigenvalue weighted by molar-refractivity contribution is -0.128. The molecule has 2 atom stereocenters. The van der Waals surface area contributed by atoms with Gasteiger partial charge in [-0.25, -0.2) is 23.1 Å². The number of amides is 1. The Labute approximate surface area is 215 Å². The van der Waals surface area contributed by atoms with Gasteiger partial charge in [0.1, 0.15) is 17.4 Å². The van der Waals surface area contributed by atoms with Gasteiger partial charge in [0.05, 0.1) is 18.8 Å². The molecule has 0 bridgehead atoms. The van der Waals surface area contributed by atoms with Crippen molar-refractivity contribution < 1.29 is 22.7 Å². The van der Waals surface area contributed by atoms with Crippen LogP contribution in [0.3, 0.4) is 0 Å². The lowest BCUT2D eigenvalue weighted by Crippen LogP contribution is -2.39. The number of benzene rings is 1. The molecule has 0 unspecified atom stereocenters. The Morgan fingerprint density at radius 3 is 2.57 bits per heavy atom. The van der Waals surface area contributed by atoms with E-state index in [1.54, 1.807) is 4.57 Å². The van der Waals surface area contributed by atoms with Crippen LogP contribution in [0.25, 0.3) is 11.2 Å². The van der Waals surface area contributed by atoms with Crippen molar-refractivity contribution in [1.82, 2.24) is 19.5 Å². The van der Waals surface area contributed by atoms with Crippen LogP contribution in [0, 0.1) is 17.0 Å². The Bertz CT molecular complexity index is 1310. The van der Waals surface area contributed by atoms with Gasteiger partial charge in [-0.2, -0.15) is 4.98 Å². The van der Waals surface area contributed by atoms with Crippen molar-refractivity contribution in [2.24, 2.45) is 11.1 Å². The molecule has 1 amide bonds. The van der Waals surface area contributed by atoms with Crippen molar-refractivity contribution in [3.8, 4) is 0 Å². The Morgan fingerprint density at radius 2 is 1.92 bits per heavy atom. The van der Waals surface area contributed by atoms with E-state index in [0.29, 0.717) is 49.9 Å². The smallest absolute Gasteiger partial charge is 0.225 e. The molecule has 13 heteroatoms. The molecule has 37 heavy (non-hydrogen) atoms. The lowest BCUT2D eigenvalue weighted by atomic mass is 9.73. The summed E-state index contributed by atoms with van der Waals surface area (Å²) in [5.41, 5.74) is 5.36. The quantitative estimate of drug-likeness (QED) is 0.419. The minimum atomic E-state index is -1.21. The molecule has 1 aliphatic heterocycles. The third kappa shape index (κ3) is 5.04. The average Bonchev–Trinajstić information content (AvgIpc) is 3.20. The molecule has 1 aromatic carbocycles. The average molecular weight is 538 g/mol. The van der Waals surface area contributed by atoms with E-state index in [1.807, 2.05) is 6.92 Å². The van der Waals surface area contributed by atoms with Crippen molar-refractivity contribution in [2.45, 2.75) is 57.3 Å². The molecular formula is C24H27ClF3N7O2. The second-order valence-electron chi connectivity index (χ2n) is 9.86. The van der Waals surface area contributed by atoms with Gasteiger partial charge >= 0.3 is 0 Å². The number of alkyl halides is 1. The number of nitrogens with two attached hydrogens (primary N) is 1. The number of primary amides is 1. The SMILES string of the molecule is C[C@]1(C(N)=O)CC[C@@H](n2c(Nc3c(F)cc(Cl)cc3F)nc3cnc(N[C@H]4CCOC[C@H]4F)nc32)CC1. The molecule has 0 radical (unpaired) electrons. The zero-order valence-corrected chi connectivity index (χ0v) is 20.9. The van der Waals surface area contributed by atoms with Crippen molar-refractivity contribution in [3.05, 3.63) is 35.0 Å². The molecule has 1 aliphatic carbocycles. The van der Waals surface area contributed by atoms with Crippen LogP contribution >= 0.6 is 11.6 Å². The number of hydrogen-bond donors (Lipinski definition) is 3. The summed E-state index contributed by atoms with van der Waals surface area (Å²) >= 11 is 5.78. The molecule has 2 aromatic heterocycles. The van der Waals surface area contributed by atoms with Crippen molar-refractivity contribution in [1.29, 1.82) is 0 Å². The summed E-state index contributed by atoms with van der Waals surface area (Å²) in [5.74, 6) is -1.76. The van der Waals surface area contributed by atoms with Gasteiger partial charge in [-0.15, -0.1) is 0 Å². The number of imidazole rings is 1. The molecule has 2 fully saturated rings. The van der Waals surface area contributed by atoms with Crippen LogP contribution in [0.2, 0.25) is 5.02 Å². The fourth-order valence-corrected chi connectivity index (χ4v) is 5.14. The maximum Gasteiger partial charge on any atom is 0.225 e. The largest absolute Gasteiger partial charge is 0.378 e. The summed E-state index contributed by atoms with van der Waals surface area (Å²) in [6.45, 7) is 2.25. The highest BCUT2D eigenvalue weighted by molar-refractivity contribution is 6.30. The van der Waals surface area contributed by atoms with E-state index >= 15 is 0 Å². The van der Waals surface area contributed by atoms with Crippen molar-refractivity contribution in [2.75, 3.05) is 23.8 Å². The minimum Gasteiger partial charge on any atom is -0.378 e. The number of halogens is 4. The number of ether oxygens (including phenoxy) is 1. The molecule has 5 rings (SSSR count). The third-order valence-electron chi connectivity index (χ3n) is 7.30. The summed E-state index contributed by atoms with van der Waals surface area (Å²) in [6.07, 6.45) is 2.89. The highest BCUT2D eigenvalue weighted by atomic mass is 35.5. The first-order valence-corrected chi connectivity index (χ1v) is 12.5. The summed E-state index contributed by atoms with van der Waals surface area (Å²) in [7, 11) is 0. The summed E-state index contributed by atoms with van der Waals surface area (Å²) < 4.78 is 50.5. The molecule has 4 N–H and O–H groups in total. The Hall–Kier alpha value is -3.12. The first-order valence-electron chi connectivity index (χ1n) is 12.1. The topological polar surface area (TPSA) is 120 Å². The molecule has 9 nitrogen and oxygen atoms in total. The first-order chi connectivity index (χ1) is 17.6. The van der Waals surface area contributed by atoms with Crippen molar-refractivity contribution >= 4 is 46.3 Å². The molecule has 1 saturated carbocycles.